The highest BCUT2D eigenvalue weighted by molar-refractivity contribution is 5.93. The first kappa shape index (κ1) is 19.5. The van der Waals surface area contributed by atoms with Crippen LogP contribution < -0.4 is 10.1 Å². The second-order valence-corrected chi connectivity index (χ2v) is 7.83. The number of benzene rings is 1. The second-order valence-electron chi connectivity index (χ2n) is 7.83. The Labute approximate surface area is 171 Å². The highest BCUT2D eigenvalue weighted by atomic mass is 16.5. The van der Waals surface area contributed by atoms with Crippen molar-refractivity contribution >= 4 is 11.8 Å². The van der Waals surface area contributed by atoms with Gasteiger partial charge in [0.05, 0.1) is 19.7 Å². The summed E-state index contributed by atoms with van der Waals surface area (Å²) in [6.45, 7) is 5.34. The Morgan fingerprint density at radius 3 is 2.62 bits per heavy atom. The highest BCUT2D eigenvalue weighted by Crippen LogP contribution is 2.45. The summed E-state index contributed by atoms with van der Waals surface area (Å²) in [7, 11) is 1.65. The van der Waals surface area contributed by atoms with Crippen LogP contribution in [0.1, 0.15) is 29.0 Å². The molecular weight excluding hydrogens is 368 g/mol. The number of carbonyl (C=O) groups is 2. The van der Waals surface area contributed by atoms with E-state index < -0.39 is 0 Å². The summed E-state index contributed by atoms with van der Waals surface area (Å²) in [5.74, 6) is 1.55. The lowest BCUT2D eigenvalue weighted by Gasteiger charge is -2.29. The molecule has 7 nitrogen and oxygen atoms in total. The molecule has 0 spiro atoms. The lowest BCUT2D eigenvalue weighted by atomic mass is 9.89. The van der Waals surface area contributed by atoms with Gasteiger partial charge in [0.1, 0.15) is 11.4 Å². The molecule has 1 aromatic heterocycles. The molecule has 29 heavy (non-hydrogen) atoms. The maximum Gasteiger partial charge on any atom is 0.270 e. The standard InChI is InChI=1S/C22H28N4O3/c1-3-23-20(27)14-25-11-16-12-26(22(28)19-5-4-10-24-19)21(18(16)13-25)15-6-8-17(29-2)9-7-15/h4-10,16,18,21,24H,3,11-14H2,1-2H3,(H,23,27)/t16-,18-,21-/m0/s1. The van der Waals surface area contributed by atoms with E-state index in [2.05, 4.69) is 15.2 Å². The van der Waals surface area contributed by atoms with Gasteiger partial charge < -0.3 is 19.9 Å². The van der Waals surface area contributed by atoms with E-state index in [9.17, 15) is 9.59 Å². The molecule has 2 amide bonds. The summed E-state index contributed by atoms with van der Waals surface area (Å²) in [6.07, 6.45) is 1.78. The van der Waals surface area contributed by atoms with Crippen molar-refractivity contribution in [3.63, 3.8) is 0 Å². The molecule has 0 unspecified atom stereocenters. The van der Waals surface area contributed by atoms with Crippen LogP contribution in [0.2, 0.25) is 0 Å². The third-order valence-electron chi connectivity index (χ3n) is 6.03. The first-order valence-electron chi connectivity index (χ1n) is 10.2. The lowest BCUT2D eigenvalue weighted by molar-refractivity contribution is -0.122. The zero-order valence-corrected chi connectivity index (χ0v) is 16.9. The van der Waals surface area contributed by atoms with Crippen LogP contribution in [0.15, 0.2) is 42.6 Å². The number of likely N-dealkylation sites (N-methyl/N-ethyl adjacent to an activating group) is 1. The van der Waals surface area contributed by atoms with E-state index in [1.54, 1.807) is 13.3 Å². The second kappa shape index (κ2) is 8.29. The number of carbonyl (C=O) groups excluding carboxylic acids is 2. The van der Waals surface area contributed by atoms with Crippen molar-refractivity contribution in [2.75, 3.05) is 39.8 Å². The van der Waals surface area contributed by atoms with Crippen molar-refractivity contribution in [1.82, 2.24) is 20.1 Å². The number of methoxy groups -OCH3 is 1. The molecule has 0 radical (unpaired) electrons. The molecule has 0 bridgehead atoms. The summed E-state index contributed by atoms with van der Waals surface area (Å²) in [5, 5.41) is 2.88. The summed E-state index contributed by atoms with van der Waals surface area (Å²) in [6, 6.07) is 11.6. The summed E-state index contributed by atoms with van der Waals surface area (Å²) < 4.78 is 5.30. The van der Waals surface area contributed by atoms with Gasteiger partial charge in [0.15, 0.2) is 0 Å². The molecule has 3 atom stereocenters. The predicted molar refractivity (Wildman–Crippen MR) is 110 cm³/mol. The number of aromatic amines is 1. The molecule has 0 saturated carbocycles. The molecule has 2 aromatic rings. The Bertz CT molecular complexity index is 849. The van der Waals surface area contributed by atoms with Crippen LogP contribution in [-0.2, 0) is 4.79 Å². The summed E-state index contributed by atoms with van der Waals surface area (Å²) in [4.78, 5) is 32.5. The topological polar surface area (TPSA) is 77.7 Å². The van der Waals surface area contributed by atoms with Crippen LogP contribution in [0.4, 0.5) is 0 Å². The number of fused-ring (bicyclic) bond motifs is 1. The minimum atomic E-state index is -0.0130. The van der Waals surface area contributed by atoms with Crippen molar-refractivity contribution in [3.05, 3.63) is 53.9 Å². The molecule has 2 fully saturated rings. The fourth-order valence-corrected chi connectivity index (χ4v) is 4.78. The van der Waals surface area contributed by atoms with Crippen LogP contribution in [0.3, 0.4) is 0 Å². The van der Waals surface area contributed by atoms with E-state index in [0.29, 0.717) is 37.2 Å². The van der Waals surface area contributed by atoms with E-state index in [1.807, 2.05) is 48.2 Å². The number of aromatic nitrogens is 1. The Morgan fingerprint density at radius 1 is 1.17 bits per heavy atom. The van der Waals surface area contributed by atoms with Gasteiger partial charge in [-0.3, -0.25) is 14.5 Å². The first-order chi connectivity index (χ1) is 14.1. The zero-order valence-electron chi connectivity index (χ0n) is 16.9. The third kappa shape index (κ3) is 3.87. The highest BCUT2D eigenvalue weighted by Gasteiger charge is 2.49. The van der Waals surface area contributed by atoms with Gasteiger partial charge in [-0.1, -0.05) is 12.1 Å². The van der Waals surface area contributed by atoms with Gasteiger partial charge >= 0.3 is 0 Å². The molecule has 2 saturated heterocycles. The van der Waals surface area contributed by atoms with Gasteiger partial charge in [-0.15, -0.1) is 0 Å². The number of amides is 2. The number of hydrogen-bond donors (Lipinski definition) is 2. The van der Waals surface area contributed by atoms with Crippen molar-refractivity contribution in [1.29, 1.82) is 0 Å². The lowest BCUT2D eigenvalue weighted by Crippen LogP contribution is -2.39. The average Bonchev–Trinajstić information content (AvgIpc) is 3.44. The minimum Gasteiger partial charge on any atom is -0.497 e. The smallest absolute Gasteiger partial charge is 0.270 e. The van der Waals surface area contributed by atoms with Crippen LogP contribution in [0, 0.1) is 11.8 Å². The molecule has 154 valence electrons. The Hall–Kier alpha value is -2.80. The van der Waals surface area contributed by atoms with E-state index >= 15 is 0 Å². The number of H-pyrrole nitrogens is 1. The summed E-state index contributed by atoms with van der Waals surface area (Å²) in [5.41, 5.74) is 1.72. The van der Waals surface area contributed by atoms with Crippen LogP contribution in [0.25, 0.3) is 0 Å². The fraction of sp³-hybridized carbons (Fsp3) is 0.455. The van der Waals surface area contributed by atoms with Crippen molar-refractivity contribution in [2.24, 2.45) is 11.8 Å². The largest absolute Gasteiger partial charge is 0.497 e. The molecule has 1 aromatic carbocycles. The Kier molecular flexibility index (Phi) is 5.58. The number of likely N-dealkylation sites (tertiary alicyclic amines) is 2. The summed E-state index contributed by atoms with van der Waals surface area (Å²) >= 11 is 0. The fourth-order valence-electron chi connectivity index (χ4n) is 4.78. The third-order valence-corrected chi connectivity index (χ3v) is 6.03. The Morgan fingerprint density at radius 2 is 1.97 bits per heavy atom. The number of ether oxygens (including phenoxy) is 1. The number of hydrogen-bond acceptors (Lipinski definition) is 4. The van der Waals surface area contributed by atoms with Crippen LogP contribution in [-0.4, -0.2) is 66.4 Å². The first-order valence-corrected chi connectivity index (χ1v) is 10.2. The molecule has 2 N–H and O–H groups in total. The van der Waals surface area contributed by atoms with Gasteiger partial charge in [0.2, 0.25) is 5.91 Å². The van der Waals surface area contributed by atoms with E-state index in [0.717, 1.165) is 24.4 Å². The molecule has 7 heteroatoms. The van der Waals surface area contributed by atoms with Crippen LogP contribution in [0.5, 0.6) is 5.75 Å². The van der Waals surface area contributed by atoms with Crippen molar-refractivity contribution in [3.8, 4) is 5.75 Å². The molecule has 3 heterocycles. The zero-order chi connectivity index (χ0) is 20.4. The molecule has 4 rings (SSSR count). The molecular formula is C22H28N4O3. The maximum absolute atomic E-state index is 13.2. The number of nitrogens with zero attached hydrogens (tertiary/aromatic N) is 2. The van der Waals surface area contributed by atoms with Gasteiger partial charge in [-0.05, 0) is 42.7 Å². The van der Waals surface area contributed by atoms with Gasteiger partial charge in [0.25, 0.3) is 5.91 Å². The number of nitrogens with one attached hydrogen (secondary N) is 2. The minimum absolute atomic E-state index is 0.0130. The van der Waals surface area contributed by atoms with Gasteiger partial charge in [-0.25, -0.2) is 0 Å². The predicted octanol–water partition coefficient (Wildman–Crippen LogP) is 1.90. The molecule has 2 aliphatic heterocycles. The van der Waals surface area contributed by atoms with E-state index in [1.165, 1.54) is 0 Å². The monoisotopic (exact) mass is 396 g/mol. The van der Waals surface area contributed by atoms with Crippen LogP contribution >= 0.6 is 0 Å². The number of rotatable bonds is 6. The van der Waals surface area contributed by atoms with Gasteiger partial charge in [0, 0.05) is 38.3 Å². The van der Waals surface area contributed by atoms with E-state index in [4.69, 9.17) is 4.74 Å². The molecule has 0 aliphatic carbocycles. The Balaban J connectivity index is 1.58. The van der Waals surface area contributed by atoms with E-state index in [-0.39, 0.29) is 17.9 Å². The maximum atomic E-state index is 13.2. The average molecular weight is 396 g/mol. The van der Waals surface area contributed by atoms with Crippen molar-refractivity contribution in [2.45, 2.75) is 13.0 Å². The van der Waals surface area contributed by atoms with Crippen molar-refractivity contribution < 1.29 is 14.3 Å². The SMILES string of the molecule is CCNC(=O)CN1C[C@H]2CN(C(=O)c3ccc[nH]3)[C@@H](c3ccc(OC)cc3)[C@H]2C1. The van der Waals surface area contributed by atoms with Gasteiger partial charge in [-0.2, -0.15) is 0 Å². The molecule has 2 aliphatic rings. The normalized spacial score (nSPS) is 23.8. The quantitative estimate of drug-likeness (QED) is 0.782.